The van der Waals surface area contributed by atoms with Crippen LogP contribution in [0.25, 0.3) is 0 Å². The topological polar surface area (TPSA) is 42.8 Å². The molecule has 0 radical (unpaired) electrons. The number of nitrogens with one attached hydrogen (secondary N) is 2. The first-order valence-corrected chi connectivity index (χ1v) is 10.2. The van der Waals surface area contributed by atoms with E-state index in [1.807, 2.05) is 48.5 Å². The summed E-state index contributed by atoms with van der Waals surface area (Å²) in [6, 6.07) is 20.1. The maximum absolute atomic E-state index is 12.8. The Balaban J connectivity index is 1.54. The number of morpholine rings is 1. The minimum atomic E-state index is -0.227. The third-order valence-electron chi connectivity index (χ3n) is 4.54. The number of amides is 1. The molecule has 26 heavy (non-hydrogen) atoms. The molecule has 1 saturated heterocycles. The third kappa shape index (κ3) is 5.87. The van der Waals surface area contributed by atoms with Gasteiger partial charge in [0, 0.05) is 17.9 Å². The third-order valence-corrected chi connectivity index (χ3v) is 5.81. The molecule has 4 nitrogen and oxygen atoms in total. The van der Waals surface area contributed by atoms with E-state index < -0.39 is 0 Å². The van der Waals surface area contributed by atoms with Crippen LogP contribution < -0.4 is 10.2 Å². The molecule has 3 rings (SSSR count). The maximum atomic E-state index is 12.8. The number of carbonyl (C=O) groups is 1. The number of hydrogen-bond donors (Lipinski definition) is 2. The first-order valence-electron chi connectivity index (χ1n) is 9.28. The van der Waals surface area contributed by atoms with Crippen molar-refractivity contribution < 1.29 is 14.4 Å². The van der Waals surface area contributed by atoms with E-state index in [0.29, 0.717) is 0 Å². The molecule has 0 aliphatic carbocycles. The SMILES string of the molecule is O=C(NCCC[NH+]1CCOCC1)[C@@H](Sc1ccccc1)c1ccccc1. The van der Waals surface area contributed by atoms with Gasteiger partial charge in [-0.05, 0) is 17.7 Å². The lowest BCUT2D eigenvalue weighted by atomic mass is 10.1. The highest BCUT2D eigenvalue weighted by Crippen LogP contribution is 2.35. The Kier molecular flexibility index (Phi) is 7.55. The number of thioether (sulfide) groups is 1. The van der Waals surface area contributed by atoms with E-state index in [0.717, 1.165) is 56.3 Å². The quantitative estimate of drug-likeness (QED) is 0.551. The molecule has 5 heteroatoms. The fourth-order valence-electron chi connectivity index (χ4n) is 3.09. The molecular formula is C21H27N2O2S+. The zero-order valence-electron chi connectivity index (χ0n) is 15.0. The van der Waals surface area contributed by atoms with Crippen molar-refractivity contribution in [2.24, 2.45) is 0 Å². The fraction of sp³-hybridized carbons (Fsp3) is 0.381. The lowest BCUT2D eigenvalue weighted by Gasteiger charge is -2.24. The minimum absolute atomic E-state index is 0.0852. The van der Waals surface area contributed by atoms with Crippen molar-refractivity contribution in [3.8, 4) is 0 Å². The van der Waals surface area contributed by atoms with Gasteiger partial charge in [-0.1, -0.05) is 48.5 Å². The van der Waals surface area contributed by atoms with E-state index in [2.05, 4.69) is 17.4 Å². The molecule has 0 unspecified atom stereocenters. The van der Waals surface area contributed by atoms with Gasteiger partial charge < -0.3 is 15.0 Å². The molecule has 0 saturated carbocycles. The predicted octanol–water partition coefficient (Wildman–Crippen LogP) is 1.94. The maximum Gasteiger partial charge on any atom is 0.237 e. The van der Waals surface area contributed by atoms with Crippen molar-refractivity contribution in [2.45, 2.75) is 16.6 Å². The Labute approximate surface area is 159 Å². The van der Waals surface area contributed by atoms with Crippen molar-refractivity contribution in [1.82, 2.24) is 5.32 Å². The van der Waals surface area contributed by atoms with Crippen LogP contribution in [0.5, 0.6) is 0 Å². The molecule has 1 aliphatic rings. The van der Waals surface area contributed by atoms with Crippen molar-refractivity contribution in [1.29, 1.82) is 0 Å². The summed E-state index contributed by atoms with van der Waals surface area (Å²) in [6.07, 6.45) is 0.999. The van der Waals surface area contributed by atoms with E-state index >= 15 is 0 Å². The summed E-state index contributed by atoms with van der Waals surface area (Å²) < 4.78 is 5.39. The summed E-state index contributed by atoms with van der Waals surface area (Å²) in [7, 11) is 0. The van der Waals surface area contributed by atoms with Gasteiger partial charge in [-0.25, -0.2) is 0 Å². The van der Waals surface area contributed by atoms with Gasteiger partial charge in [0.25, 0.3) is 0 Å². The molecule has 0 bridgehead atoms. The molecular weight excluding hydrogens is 344 g/mol. The molecule has 2 aromatic rings. The van der Waals surface area contributed by atoms with Crippen LogP contribution in [0.2, 0.25) is 0 Å². The Morgan fingerprint density at radius 3 is 2.38 bits per heavy atom. The van der Waals surface area contributed by atoms with E-state index in [9.17, 15) is 4.79 Å². The fourth-order valence-corrected chi connectivity index (χ4v) is 4.16. The molecule has 0 aromatic heterocycles. The molecule has 2 aromatic carbocycles. The second-order valence-electron chi connectivity index (χ2n) is 6.48. The Hall–Kier alpha value is -1.82. The number of hydrogen-bond acceptors (Lipinski definition) is 3. The largest absolute Gasteiger partial charge is 0.370 e. The van der Waals surface area contributed by atoms with Crippen molar-refractivity contribution in [2.75, 3.05) is 39.4 Å². The van der Waals surface area contributed by atoms with Crippen LogP contribution in [0.1, 0.15) is 17.2 Å². The van der Waals surface area contributed by atoms with Crippen molar-refractivity contribution in [3.05, 3.63) is 66.2 Å². The number of quaternary nitrogens is 1. The van der Waals surface area contributed by atoms with Crippen LogP contribution in [-0.2, 0) is 9.53 Å². The molecule has 2 N–H and O–H groups in total. The highest BCUT2D eigenvalue weighted by Gasteiger charge is 2.22. The molecule has 0 spiro atoms. The number of carbonyl (C=O) groups excluding carboxylic acids is 1. The van der Waals surface area contributed by atoms with Crippen molar-refractivity contribution >= 4 is 17.7 Å². The molecule has 1 amide bonds. The molecule has 1 heterocycles. The van der Waals surface area contributed by atoms with Gasteiger partial charge in [0.15, 0.2) is 0 Å². The van der Waals surface area contributed by atoms with Gasteiger partial charge in [-0.2, -0.15) is 0 Å². The summed E-state index contributed by atoms with van der Waals surface area (Å²) in [5.41, 5.74) is 1.04. The van der Waals surface area contributed by atoms with Gasteiger partial charge in [0.2, 0.25) is 5.91 Å². The monoisotopic (exact) mass is 371 g/mol. The van der Waals surface area contributed by atoms with E-state index in [1.54, 1.807) is 16.7 Å². The summed E-state index contributed by atoms with van der Waals surface area (Å²) in [5, 5.41) is 2.91. The number of rotatable bonds is 8. The first kappa shape index (κ1) is 19.0. The van der Waals surface area contributed by atoms with E-state index in [4.69, 9.17) is 4.74 Å². The van der Waals surface area contributed by atoms with Crippen molar-refractivity contribution in [3.63, 3.8) is 0 Å². The molecule has 1 fully saturated rings. The minimum Gasteiger partial charge on any atom is -0.370 e. The van der Waals surface area contributed by atoms with Gasteiger partial charge in [-0.3, -0.25) is 4.79 Å². The van der Waals surface area contributed by atoms with Gasteiger partial charge in [0.05, 0.1) is 19.8 Å². The summed E-state index contributed by atoms with van der Waals surface area (Å²) in [5.74, 6) is 0.0852. The zero-order valence-corrected chi connectivity index (χ0v) is 15.8. The van der Waals surface area contributed by atoms with E-state index in [1.165, 1.54) is 0 Å². The van der Waals surface area contributed by atoms with Gasteiger partial charge in [-0.15, -0.1) is 11.8 Å². The standard InChI is InChI=1S/C21H26N2O2S/c24-21(22-12-7-13-23-14-16-25-17-15-23)20(18-8-3-1-4-9-18)26-19-10-5-2-6-11-19/h1-6,8-11,20H,7,12-17H2,(H,22,24)/p+1/t20-/m0/s1. The summed E-state index contributed by atoms with van der Waals surface area (Å²) >= 11 is 1.60. The molecule has 1 atom stereocenters. The highest BCUT2D eigenvalue weighted by atomic mass is 32.2. The number of ether oxygens (including phenoxy) is 1. The van der Waals surface area contributed by atoms with Crippen LogP contribution >= 0.6 is 11.8 Å². The normalized spacial score (nSPS) is 16.2. The average molecular weight is 372 g/mol. The highest BCUT2D eigenvalue weighted by molar-refractivity contribution is 8.00. The van der Waals surface area contributed by atoms with Gasteiger partial charge >= 0.3 is 0 Å². The Bertz CT molecular complexity index is 660. The Morgan fingerprint density at radius 2 is 1.69 bits per heavy atom. The lowest BCUT2D eigenvalue weighted by molar-refractivity contribution is -0.908. The zero-order chi connectivity index (χ0) is 18.0. The van der Waals surface area contributed by atoms with Crippen LogP contribution in [-0.4, -0.2) is 45.3 Å². The van der Waals surface area contributed by atoms with Crippen LogP contribution in [0.4, 0.5) is 0 Å². The van der Waals surface area contributed by atoms with E-state index in [-0.39, 0.29) is 11.2 Å². The summed E-state index contributed by atoms with van der Waals surface area (Å²) in [6.45, 7) is 5.67. The van der Waals surface area contributed by atoms with Crippen LogP contribution in [0.3, 0.4) is 0 Å². The number of benzene rings is 2. The average Bonchev–Trinajstić information content (AvgIpc) is 2.71. The lowest BCUT2D eigenvalue weighted by Crippen LogP contribution is -3.14. The summed E-state index contributed by atoms with van der Waals surface area (Å²) in [4.78, 5) is 15.5. The molecule has 138 valence electrons. The predicted molar refractivity (Wildman–Crippen MR) is 105 cm³/mol. The van der Waals surface area contributed by atoms with Crippen LogP contribution in [0.15, 0.2) is 65.6 Å². The second kappa shape index (κ2) is 10.4. The Morgan fingerprint density at radius 1 is 1.04 bits per heavy atom. The smallest absolute Gasteiger partial charge is 0.237 e. The second-order valence-corrected chi connectivity index (χ2v) is 7.66. The molecule has 1 aliphatic heterocycles. The van der Waals surface area contributed by atoms with Crippen LogP contribution in [0, 0.1) is 0 Å². The first-order chi connectivity index (χ1) is 12.8. The van der Waals surface area contributed by atoms with Gasteiger partial charge in [0.1, 0.15) is 18.3 Å².